The summed E-state index contributed by atoms with van der Waals surface area (Å²) in [7, 11) is 3.68. The monoisotopic (exact) mass is 158 g/mol. The Bertz CT molecular complexity index is 108. The molecule has 1 aliphatic rings. The minimum atomic E-state index is 0.317. The maximum absolute atomic E-state index is 8.97. The van der Waals surface area contributed by atoms with Crippen LogP contribution >= 0.6 is 0 Å². The lowest BCUT2D eigenvalue weighted by Gasteiger charge is -2.21. The maximum Gasteiger partial charge on any atom is 0.0645 e. The summed E-state index contributed by atoms with van der Waals surface area (Å²) in [5.74, 6) is 0. The fourth-order valence-electron chi connectivity index (χ4n) is 1.65. The molecule has 0 spiro atoms. The van der Waals surface area contributed by atoms with E-state index in [0.29, 0.717) is 12.6 Å². The van der Waals surface area contributed by atoms with Crippen molar-refractivity contribution in [2.24, 2.45) is 0 Å². The lowest BCUT2D eigenvalue weighted by molar-refractivity contribution is -0.595. The lowest BCUT2D eigenvalue weighted by Crippen LogP contribution is -2.78. The van der Waals surface area contributed by atoms with Crippen LogP contribution in [-0.2, 0) is 0 Å². The number of likely N-dealkylation sites (tertiary alicyclic amines) is 1. The maximum atomic E-state index is 8.97. The second kappa shape index (κ2) is 4.70. The molecule has 1 rings (SSSR count). The minimum absolute atomic E-state index is 0.317. The van der Waals surface area contributed by atoms with Gasteiger partial charge in [0, 0.05) is 12.6 Å². The Kier molecular flexibility index (Phi) is 3.83. The standard InChI is InChI=1S/C8H18N2O/c1-9-4-6-10-5-2-3-8(10)7-11/h8,11H,1-7,9H2/t8-/m1/s1. The highest BCUT2D eigenvalue weighted by molar-refractivity contribution is 4.77. The van der Waals surface area contributed by atoms with Crippen LogP contribution in [0.25, 0.3) is 0 Å². The molecule has 0 aliphatic carbocycles. The van der Waals surface area contributed by atoms with E-state index in [1.165, 1.54) is 6.42 Å². The third-order valence-electron chi connectivity index (χ3n) is 2.33. The Morgan fingerprint density at radius 3 is 3.09 bits per heavy atom. The Hall–Kier alpha value is -0.120. The van der Waals surface area contributed by atoms with Crippen LogP contribution in [0.2, 0.25) is 0 Å². The molecule has 0 saturated carbocycles. The highest BCUT2D eigenvalue weighted by Crippen LogP contribution is 2.14. The van der Waals surface area contributed by atoms with E-state index in [0.717, 1.165) is 26.1 Å². The summed E-state index contributed by atoms with van der Waals surface area (Å²) in [5, 5.41) is 10.9. The molecule has 3 nitrogen and oxygen atoms in total. The Balaban J connectivity index is 2.20. The molecule has 1 saturated heterocycles. The number of nitrogens with zero attached hydrogens (tertiary/aromatic N) is 1. The molecule has 0 aromatic heterocycles. The zero-order valence-corrected chi connectivity index (χ0v) is 7.00. The zero-order chi connectivity index (χ0) is 8.10. The van der Waals surface area contributed by atoms with Gasteiger partial charge in [-0.1, -0.05) is 0 Å². The smallest absolute Gasteiger partial charge is 0.0645 e. The summed E-state index contributed by atoms with van der Waals surface area (Å²) in [4.78, 5) is 2.35. The first-order valence-electron chi connectivity index (χ1n) is 4.34. The molecule has 0 amide bonds. The molecule has 1 atom stereocenters. The van der Waals surface area contributed by atoms with Gasteiger partial charge in [-0.25, -0.2) is 0 Å². The van der Waals surface area contributed by atoms with Crippen LogP contribution in [0.15, 0.2) is 0 Å². The lowest BCUT2D eigenvalue weighted by atomic mass is 10.2. The van der Waals surface area contributed by atoms with Crippen molar-refractivity contribution in [3.8, 4) is 0 Å². The van der Waals surface area contributed by atoms with Crippen molar-refractivity contribution < 1.29 is 10.4 Å². The van der Waals surface area contributed by atoms with E-state index in [1.807, 2.05) is 5.32 Å². The van der Waals surface area contributed by atoms with E-state index < -0.39 is 0 Å². The SMILES string of the molecule is [CH2-][NH2+]CCN1CCC[C@@H]1CO. The van der Waals surface area contributed by atoms with Crippen molar-refractivity contribution in [3.05, 3.63) is 7.05 Å². The number of aliphatic hydroxyl groups is 1. The van der Waals surface area contributed by atoms with Gasteiger partial charge in [-0.05, 0) is 19.4 Å². The second-order valence-corrected chi connectivity index (χ2v) is 3.09. The first kappa shape index (κ1) is 8.97. The van der Waals surface area contributed by atoms with E-state index >= 15 is 0 Å². The van der Waals surface area contributed by atoms with Crippen LogP contribution < -0.4 is 5.32 Å². The van der Waals surface area contributed by atoms with Gasteiger partial charge in [0.1, 0.15) is 0 Å². The normalized spacial score (nSPS) is 26.2. The third kappa shape index (κ3) is 2.43. The molecule has 11 heavy (non-hydrogen) atoms. The zero-order valence-electron chi connectivity index (χ0n) is 7.00. The summed E-state index contributed by atoms with van der Waals surface area (Å²) in [6.07, 6.45) is 2.40. The Morgan fingerprint density at radius 1 is 1.64 bits per heavy atom. The largest absolute Gasteiger partial charge is 0.478 e. The van der Waals surface area contributed by atoms with E-state index in [-0.39, 0.29) is 0 Å². The highest BCUT2D eigenvalue weighted by atomic mass is 16.3. The van der Waals surface area contributed by atoms with Crippen molar-refractivity contribution in [2.75, 3.05) is 26.2 Å². The summed E-state index contributed by atoms with van der Waals surface area (Å²) in [5.41, 5.74) is 0. The summed E-state index contributed by atoms with van der Waals surface area (Å²) >= 11 is 0. The number of rotatable bonds is 4. The average Bonchev–Trinajstić information content (AvgIpc) is 2.47. The fourth-order valence-corrected chi connectivity index (χ4v) is 1.65. The molecule has 0 aromatic rings. The van der Waals surface area contributed by atoms with Gasteiger partial charge in [0.25, 0.3) is 0 Å². The van der Waals surface area contributed by atoms with Gasteiger partial charge in [-0.2, -0.15) is 7.05 Å². The van der Waals surface area contributed by atoms with E-state index in [2.05, 4.69) is 11.9 Å². The summed E-state index contributed by atoms with van der Waals surface area (Å²) < 4.78 is 0. The van der Waals surface area contributed by atoms with Crippen molar-refractivity contribution in [2.45, 2.75) is 18.9 Å². The molecular formula is C8H18N2O. The quantitative estimate of drug-likeness (QED) is 0.504. The van der Waals surface area contributed by atoms with Crippen LogP contribution in [0.5, 0.6) is 0 Å². The van der Waals surface area contributed by atoms with Crippen LogP contribution in [0, 0.1) is 7.05 Å². The first-order valence-corrected chi connectivity index (χ1v) is 4.34. The fraction of sp³-hybridized carbons (Fsp3) is 0.875. The summed E-state index contributed by atoms with van der Waals surface area (Å²) in [6, 6.07) is 0.426. The van der Waals surface area contributed by atoms with Crippen molar-refractivity contribution in [1.29, 1.82) is 0 Å². The van der Waals surface area contributed by atoms with Gasteiger partial charge in [0.05, 0.1) is 13.2 Å². The van der Waals surface area contributed by atoms with Crippen molar-refractivity contribution in [1.82, 2.24) is 4.90 Å². The number of quaternary nitrogens is 1. The first-order chi connectivity index (χ1) is 5.38. The van der Waals surface area contributed by atoms with Gasteiger partial charge >= 0.3 is 0 Å². The number of hydrogen-bond acceptors (Lipinski definition) is 2. The molecule has 0 unspecified atom stereocenters. The minimum Gasteiger partial charge on any atom is -0.478 e. The van der Waals surface area contributed by atoms with Gasteiger partial charge in [-0.3, -0.25) is 4.90 Å². The van der Waals surface area contributed by atoms with Crippen LogP contribution in [-0.4, -0.2) is 42.3 Å². The van der Waals surface area contributed by atoms with Gasteiger partial charge in [0.15, 0.2) is 0 Å². The topological polar surface area (TPSA) is 40.1 Å². The molecular weight excluding hydrogens is 140 g/mol. The van der Waals surface area contributed by atoms with E-state index in [1.54, 1.807) is 0 Å². The molecule has 1 fully saturated rings. The number of nitrogens with two attached hydrogens (primary N) is 1. The van der Waals surface area contributed by atoms with Gasteiger partial charge in [-0.15, -0.1) is 0 Å². The van der Waals surface area contributed by atoms with Crippen LogP contribution in [0.4, 0.5) is 0 Å². The molecule has 1 heterocycles. The van der Waals surface area contributed by atoms with Crippen molar-refractivity contribution in [3.63, 3.8) is 0 Å². The Morgan fingerprint density at radius 2 is 2.45 bits per heavy atom. The molecule has 0 radical (unpaired) electrons. The van der Waals surface area contributed by atoms with Crippen molar-refractivity contribution >= 4 is 0 Å². The van der Waals surface area contributed by atoms with Crippen LogP contribution in [0.3, 0.4) is 0 Å². The number of hydrogen-bond donors (Lipinski definition) is 2. The Labute approximate surface area is 68.4 Å². The van der Waals surface area contributed by atoms with E-state index in [4.69, 9.17) is 5.11 Å². The highest BCUT2D eigenvalue weighted by Gasteiger charge is 2.22. The molecule has 0 bridgehead atoms. The molecule has 66 valence electrons. The van der Waals surface area contributed by atoms with Gasteiger partial charge in [0.2, 0.25) is 0 Å². The second-order valence-electron chi connectivity index (χ2n) is 3.09. The van der Waals surface area contributed by atoms with Crippen LogP contribution in [0.1, 0.15) is 12.8 Å². The average molecular weight is 158 g/mol. The molecule has 3 heteroatoms. The van der Waals surface area contributed by atoms with Gasteiger partial charge < -0.3 is 10.4 Å². The predicted octanol–water partition coefficient (Wildman–Crippen LogP) is -1.20. The third-order valence-corrected chi connectivity index (χ3v) is 2.33. The van der Waals surface area contributed by atoms with E-state index in [9.17, 15) is 0 Å². The predicted molar refractivity (Wildman–Crippen MR) is 43.8 cm³/mol. The number of aliphatic hydroxyl groups excluding tert-OH is 1. The molecule has 3 N–H and O–H groups in total. The summed E-state index contributed by atoms with van der Waals surface area (Å²) in [6.45, 7) is 3.57. The molecule has 0 aromatic carbocycles. The molecule has 1 aliphatic heterocycles.